The van der Waals surface area contributed by atoms with E-state index < -0.39 is 0 Å². The molecule has 3 heterocycles. The van der Waals surface area contributed by atoms with Crippen LogP contribution in [0.3, 0.4) is 0 Å². The lowest BCUT2D eigenvalue weighted by Gasteiger charge is -2.14. The minimum absolute atomic E-state index is 0.338. The Balaban J connectivity index is 1.60. The van der Waals surface area contributed by atoms with Crippen molar-refractivity contribution in [2.75, 3.05) is 13.2 Å². The number of ether oxygens (including phenoxy) is 1. The number of nitrogens with zero attached hydrogens (tertiary/aromatic N) is 2. The van der Waals surface area contributed by atoms with Gasteiger partial charge in [0.05, 0.1) is 11.8 Å². The van der Waals surface area contributed by atoms with E-state index in [-0.39, 0.29) is 0 Å². The fraction of sp³-hybridized carbons (Fsp3) is 0.273. The lowest BCUT2D eigenvalue weighted by Crippen LogP contribution is -2.26. The molecule has 3 aromatic rings. The van der Waals surface area contributed by atoms with Gasteiger partial charge in [0.2, 0.25) is 0 Å². The number of nitrogens with one attached hydrogen (secondary N) is 1. The molecule has 1 unspecified atom stereocenters. The first-order chi connectivity index (χ1) is 12.9. The second kappa shape index (κ2) is 8.21. The largest absolute Gasteiger partial charge is 0.377 e. The Morgan fingerprint density at radius 3 is 2.62 bits per heavy atom. The van der Waals surface area contributed by atoms with Crippen LogP contribution in [0.15, 0.2) is 67.1 Å². The Hall–Kier alpha value is -2.56. The van der Waals surface area contributed by atoms with Crippen molar-refractivity contribution in [1.82, 2.24) is 15.3 Å². The lowest BCUT2D eigenvalue weighted by molar-refractivity contribution is 0.110. The zero-order chi connectivity index (χ0) is 17.6. The summed E-state index contributed by atoms with van der Waals surface area (Å²) < 4.78 is 5.71. The van der Waals surface area contributed by atoms with Crippen LogP contribution in [0.1, 0.15) is 18.4 Å². The van der Waals surface area contributed by atoms with E-state index in [0.717, 1.165) is 42.9 Å². The molecule has 0 spiro atoms. The van der Waals surface area contributed by atoms with Crippen LogP contribution in [0.25, 0.3) is 22.4 Å². The van der Waals surface area contributed by atoms with Crippen molar-refractivity contribution in [2.45, 2.75) is 25.5 Å². The van der Waals surface area contributed by atoms with Crippen LogP contribution in [0, 0.1) is 0 Å². The van der Waals surface area contributed by atoms with Crippen molar-refractivity contribution < 1.29 is 4.74 Å². The number of hydrogen-bond acceptors (Lipinski definition) is 4. The van der Waals surface area contributed by atoms with Gasteiger partial charge in [-0.1, -0.05) is 30.3 Å². The molecular weight excluding hydrogens is 322 g/mol. The summed E-state index contributed by atoms with van der Waals surface area (Å²) >= 11 is 0. The van der Waals surface area contributed by atoms with Gasteiger partial charge >= 0.3 is 0 Å². The van der Waals surface area contributed by atoms with Gasteiger partial charge in [-0.25, -0.2) is 0 Å². The fourth-order valence-corrected chi connectivity index (χ4v) is 3.38. The van der Waals surface area contributed by atoms with E-state index in [1.807, 2.05) is 36.8 Å². The van der Waals surface area contributed by atoms with Crippen LogP contribution >= 0.6 is 0 Å². The third kappa shape index (κ3) is 3.98. The maximum Gasteiger partial charge on any atom is 0.0748 e. The molecule has 1 aromatic carbocycles. The van der Waals surface area contributed by atoms with E-state index in [1.165, 1.54) is 17.5 Å². The molecule has 2 aromatic heterocycles. The van der Waals surface area contributed by atoms with E-state index >= 15 is 0 Å². The minimum Gasteiger partial charge on any atom is -0.377 e. The van der Waals surface area contributed by atoms with Gasteiger partial charge in [-0.2, -0.15) is 0 Å². The van der Waals surface area contributed by atoms with Crippen molar-refractivity contribution >= 4 is 0 Å². The first-order valence-electron chi connectivity index (χ1n) is 9.17. The molecule has 0 amide bonds. The van der Waals surface area contributed by atoms with E-state index in [2.05, 4.69) is 40.6 Å². The molecule has 4 heteroatoms. The predicted octanol–water partition coefficient (Wildman–Crippen LogP) is 4.08. The van der Waals surface area contributed by atoms with E-state index in [1.54, 1.807) is 0 Å². The summed E-state index contributed by atoms with van der Waals surface area (Å²) in [4.78, 5) is 8.90. The van der Waals surface area contributed by atoms with Crippen LogP contribution in [0.5, 0.6) is 0 Å². The molecule has 26 heavy (non-hydrogen) atoms. The second-order valence-electron chi connectivity index (χ2n) is 6.60. The maximum absolute atomic E-state index is 5.71. The molecule has 1 N–H and O–H groups in total. The molecule has 1 saturated heterocycles. The zero-order valence-corrected chi connectivity index (χ0v) is 14.8. The van der Waals surface area contributed by atoms with Crippen molar-refractivity contribution in [3.8, 4) is 22.4 Å². The SMILES string of the molecule is c1ccc(-c2cnc(-c3ccncc3)c(CNCC3CCCO3)c2)cc1. The fourth-order valence-electron chi connectivity index (χ4n) is 3.38. The van der Waals surface area contributed by atoms with Crippen molar-refractivity contribution in [2.24, 2.45) is 0 Å². The first-order valence-corrected chi connectivity index (χ1v) is 9.17. The number of pyridine rings is 2. The molecule has 0 radical (unpaired) electrons. The van der Waals surface area contributed by atoms with Crippen LogP contribution in [0.2, 0.25) is 0 Å². The van der Waals surface area contributed by atoms with Gasteiger partial charge in [0.15, 0.2) is 0 Å². The summed E-state index contributed by atoms with van der Waals surface area (Å²) in [5, 5.41) is 3.55. The normalized spacial score (nSPS) is 16.7. The Labute approximate surface area is 154 Å². The molecule has 1 aliphatic rings. The lowest BCUT2D eigenvalue weighted by atomic mass is 10.0. The smallest absolute Gasteiger partial charge is 0.0748 e. The zero-order valence-electron chi connectivity index (χ0n) is 14.8. The van der Waals surface area contributed by atoms with Gasteiger partial charge in [-0.05, 0) is 42.2 Å². The van der Waals surface area contributed by atoms with E-state index in [0.29, 0.717) is 6.10 Å². The quantitative estimate of drug-likeness (QED) is 0.731. The van der Waals surface area contributed by atoms with E-state index in [4.69, 9.17) is 9.72 Å². The van der Waals surface area contributed by atoms with Gasteiger partial charge in [-0.15, -0.1) is 0 Å². The minimum atomic E-state index is 0.338. The highest BCUT2D eigenvalue weighted by molar-refractivity contribution is 5.69. The average molecular weight is 345 g/mol. The molecule has 132 valence electrons. The number of rotatable bonds is 6. The van der Waals surface area contributed by atoms with Gasteiger partial charge in [0.1, 0.15) is 0 Å². The third-order valence-corrected chi connectivity index (χ3v) is 4.74. The van der Waals surface area contributed by atoms with Crippen LogP contribution in [-0.4, -0.2) is 29.2 Å². The van der Waals surface area contributed by atoms with Crippen LogP contribution in [-0.2, 0) is 11.3 Å². The van der Waals surface area contributed by atoms with Crippen molar-refractivity contribution in [1.29, 1.82) is 0 Å². The van der Waals surface area contributed by atoms with Crippen molar-refractivity contribution in [3.05, 3.63) is 72.7 Å². The highest BCUT2D eigenvalue weighted by Crippen LogP contribution is 2.26. The molecular formula is C22H23N3O. The third-order valence-electron chi connectivity index (χ3n) is 4.74. The van der Waals surface area contributed by atoms with Crippen molar-refractivity contribution in [3.63, 3.8) is 0 Å². The van der Waals surface area contributed by atoms with Crippen LogP contribution < -0.4 is 5.32 Å². The van der Waals surface area contributed by atoms with Gasteiger partial charge in [0.25, 0.3) is 0 Å². The monoisotopic (exact) mass is 345 g/mol. The number of hydrogen-bond donors (Lipinski definition) is 1. The summed E-state index contributed by atoms with van der Waals surface area (Å²) in [6.07, 6.45) is 8.22. The predicted molar refractivity (Wildman–Crippen MR) is 104 cm³/mol. The Morgan fingerprint density at radius 1 is 1.00 bits per heavy atom. The second-order valence-corrected chi connectivity index (χ2v) is 6.60. The molecule has 1 atom stereocenters. The topological polar surface area (TPSA) is 47.0 Å². The van der Waals surface area contributed by atoms with E-state index in [9.17, 15) is 0 Å². The van der Waals surface area contributed by atoms with Gasteiger partial charge in [-0.3, -0.25) is 9.97 Å². The Morgan fingerprint density at radius 2 is 1.85 bits per heavy atom. The van der Waals surface area contributed by atoms with Gasteiger partial charge in [0, 0.05) is 49.4 Å². The molecule has 0 bridgehead atoms. The number of aromatic nitrogens is 2. The standard InChI is InChI=1S/C22H23N3O/c1-2-5-17(6-3-1)19-13-20(14-24-16-21-7-4-12-26-21)22(25-15-19)18-8-10-23-11-9-18/h1-3,5-6,8-11,13,15,21,24H,4,7,12,14,16H2. The first kappa shape index (κ1) is 16.9. The van der Waals surface area contributed by atoms with Gasteiger partial charge < -0.3 is 10.1 Å². The highest BCUT2D eigenvalue weighted by Gasteiger charge is 2.15. The molecule has 4 rings (SSSR count). The Kier molecular flexibility index (Phi) is 5.33. The number of benzene rings is 1. The molecule has 1 aliphatic heterocycles. The van der Waals surface area contributed by atoms with Crippen LogP contribution in [0.4, 0.5) is 0 Å². The molecule has 4 nitrogen and oxygen atoms in total. The summed E-state index contributed by atoms with van der Waals surface area (Å²) in [6, 6.07) is 16.6. The Bertz CT molecular complexity index is 831. The molecule has 0 saturated carbocycles. The highest BCUT2D eigenvalue weighted by atomic mass is 16.5. The molecule has 1 fully saturated rings. The maximum atomic E-state index is 5.71. The summed E-state index contributed by atoms with van der Waals surface area (Å²) in [6.45, 7) is 2.54. The summed E-state index contributed by atoms with van der Waals surface area (Å²) in [5.41, 5.74) is 5.61. The summed E-state index contributed by atoms with van der Waals surface area (Å²) in [5.74, 6) is 0. The molecule has 0 aliphatic carbocycles. The average Bonchev–Trinajstić information content (AvgIpc) is 3.23. The summed E-state index contributed by atoms with van der Waals surface area (Å²) in [7, 11) is 0.